The largest absolute Gasteiger partial charge is 0.398 e. The van der Waals surface area contributed by atoms with Crippen molar-refractivity contribution in [1.29, 1.82) is 0 Å². The van der Waals surface area contributed by atoms with Gasteiger partial charge in [0, 0.05) is 37.3 Å². The van der Waals surface area contributed by atoms with E-state index >= 15 is 0 Å². The van der Waals surface area contributed by atoms with E-state index in [1.807, 2.05) is 0 Å². The number of pyridine rings is 1. The van der Waals surface area contributed by atoms with Gasteiger partial charge < -0.3 is 10.3 Å². The zero-order chi connectivity index (χ0) is 11.1. The van der Waals surface area contributed by atoms with Crippen molar-refractivity contribution in [2.75, 3.05) is 5.73 Å². The summed E-state index contributed by atoms with van der Waals surface area (Å²) < 4.78 is 26.5. The van der Waals surface area contributed by atoms with Crippen LogP contribution < -0.4 is 11.3 Å². The van der Waals surface area contributed by atoms with Crippen LogP contribution in [0.2, 0.25) is 0 Å². The summed E-state index contributed by atoms with van der Waals surface area (Å²) in [5.74, 6) is -2.64. The van der Waals surface area contributed by atoms with Crippen molar-refractivity contribution in [2.45, 2.75) is 25.3 Å². The van der Waals surface area contributed by atoms with Crippen LogP contribution >= 0.6 is 0 Å². The number of anilines is 1. The second-order valence-corrected chi connectivity index (χ2v) is 4.08. The molecule has 0 saturated heterocycles. The molecule has 0 amide bonds. The highest BCUT2D eigenvalue weighted by atomic mass is 19.3. The predicted octanol–water partition coefficient (Wildman–Crippen LogP) is 1.48. The van der Waals surface area contributed by atoms with E-state index in [1.54, 1.807) is 0 Å². The summed E-state index contributed by atoms with van der Waals surface area (Å²) in [6.07, 6.45) is 1.24. The van der Waals surface area contributed by atoms with Gasteiger partial charge in [0.25, 0.3) is 5.56 Å². The maximum atomic E-state index is 12.6. The quantitative estimate of drug-likeness (QED) is 0.810. The molecule has 5 heteroatoms. The Bertz CT molecular complexity index is 420. The molecule has 2 rings (SSSR count). The van der Waals surface area contributed by atoms with Crippen molar-refractivity contribution in [1.82, 2.24) is 4.57 Å². The zero-order valence-electron chi connectivity index (χ0n) is 8.12. The number of rotatable bonds is 2. The van der Waals surface area contributed by atoms with E-state index in [-0.39, 0.29) is 24.3 Å². The molecule has 15 heavy (non-hydrogen) atoms. The minimum absolute atomic E-state index is 0.112. The molecule has 0 spiro atoms. The Hall–Kier alpha value is -1.39. The van der Waals surface area contributed by atoms with Gasteiger partial charge in [-0.3, -0.25) is 4.79 Å². The summed E-state index contributed by atoms with van der Waals surface area (Å²) >= 11 is 0. The van der Waals surface area contributed by atoms with E-state index in [1.165, 1.54) is 22.9 Å². The van der Waals surface area contributed by atoms with Gasteiger partial charge in [-0.2, -0.15) is 0 Å². The summed E-state index contributed by atoms with van der Waals surface area (Å²) in [6.45, 7) is 0.333. The lowest BCUT2D eigenvalue weighted by atomic mass is 9.81. The lowest BCUT2D eigenvalue weighted by Gasteiger charge is -2.35. The second-order valence-electron chi connectivity index (χ2n) is 4.08. The van der Waals surface area contributed by atoms with E-state index in [4.69, 9.17) is 5.73 Å². The molecule has 1 aliphatic rings. The van der Waals surface area contributed by atoms with Crippen molar-refractivity contribution in [3.63, 3.8) is 0 Å². The second kappa shape index (κ2) is 3.32. The zero-order valence-corrected chi connectivity index (χ0v) is 8.12. The van der Waals surface area contributed by atoms with Gasteiger partial charge in [-0.05, 0) is 12.0 Å². The third-order valence-electron chi connectivity index (χ3n) is 2.64. The average Bonchev–Trinajstić information content (AvgIpc) is 2.08. The van der Waals surface area contributed by atoms with Gasteiger partial charge in [-0.25, -0.2) is 8.78 Å². The number of nitrogens with two attached hydrogens (primary N) is 1. The normalized spacial score (nSPS) is 19.9. The van der Waals surface area contributed by atoms with Crippen molar-refractivity contribution < 1.29 is 8.78 Å². The Morgan fingerprint density at radius 2 is 2.13 bits per heavy atom. The molecular formula is C10H12F2N2O. The summed E-state index contributed by atoms with van der Waals surface area (Å²) in [6, 6.07) is 2.86. The predicted molar refractivity (Wildman–Crippen MR) is 52.8 cm³/mol. The van der Waals surface area contributed by atoms with Gasteiger partial charge in [0.2, 0.25) is 5.92 Å². The fourth-order valence-electron chi connectivity index (χ4n) is 1.88. The van der Waals surface area contributed by atoms with Crippen LogP contribution in [0.4, 0.5) is 14.5 Å². The molecule has 0 aromatic carbocycles. The van der Waals surface area contributed by atoms with Gasteiger partial charge in [0.05, 0.1) is 0 Å². The van der Waals surface area contributed by atoms with Crippen molar-refractivity contribution >= 4 is 5.69 Å². The Morgan fingerprint density at radius 1 is 1.47 bits per heavy atom. The van der Waals surface area contributed by atoms with Crippen molar-refractivity contribution in [3.05, 3.63) is 28.7 Å². The van der Waals surface area contributed by atoms with Gasteiger partial charge in [-0.15, -0.1) is 0 Å². The molecule has 1 aliphatic carbocycles. The Labute approximate surface area is 85.5 Å². The molecule has 1 saturated carbocycles. The van der Waals surface area contributed by atoms with Crippen LogP contribution in [0.5, 0.6) is 0 Å². The third-order valence-corrected chi connectivity index (χ3v) is 2.64. The molecule has 2 N–H and O–H groups in total. The summed E-state index contributed by atoms with van der Waals surface area (Å²) in [5.41, 5.74) is 5.79. The van der Waals surface area contributed by atoms with Gasteiger partial charge in [-0.1, -0.05) is 0 Å². The number of hydrogen-bond donors (Lipinski definition) is 1. The molecule has 0 aliphatic heterocycles. The summed E-state index contributed by atoms with van der Waals surface area (Å²) in [7, 11) is 0. The highest BCUT2D eigenvalue weighted by Crippen LogP contribution is 2.42. The first-order valence-corrected chi connectivity index (χ1v) is 4.80. The lowest BCUT2D eigenvalue weighted by Crippen LogP contribution is -2.39. The maximum absolute atomic E-state index is 12.6. The summed E-state index contributed by atoms with van der Waals surface area (Å²) in [4.78, 5) is 11.3. The van der Waals surface area contributed by atoms with E-state index in [9.17, 15) is 13.6 Å². The van der Waals surface area contributed by atoms with E-state index < -0.39 is 5.92 Å². The molecule has 1 aromatic rings. The van der Waals surface area contributed by atoms with Crippen LogP contribution in [0.15, 0.2) is 23.1 Å². The Balaban J connectivity index is 2.06. The topological polar surface area (TPSA) is 48.0 Å². The first kappa shape index (κ1) is 10.1. The van der Waals surface area contributed by atoms with Crippen LogP contribution in [0.25, 0.3) is 0 Å². The fourth-order valence-corrected chi connectivity index (χ4v) is 1.88. The van der Waals surface area contributed by atoms with Crippen LogP contribution in [0.3, 0.4) is 0 Å². The number of nitrogen functional groups attached to an aromatic ring is 1. The van der Waals surface area contributed by atoms with Crippen molar-refractivity contribution in [2.24, 2.45) is 5.92 Å². The average molecular weight is 214 g/mol. The number of nitrogens with zero attached hydrogens (tertiary/aromatic N) is 1. The molecule has 1 fully saturated rings. The van der Waals surface area contributed by atoms with E-state index in [0.717, 1.165) is 0 Å². The van der Waals surface area contributed by atoms with Crippen LogP contribution in [0.1, 0.15) is 12.8 Å². The molecule has 3 nitrogen and oxygen atoms in total. The smallest absolute Gasteiger partial charge is 0.250 e. The van der Waals surface area contributed by atoms with Crippen molar-refractivity contribution in [3.8, 4) is 0 Å². The van der Waals surface area contributed by atoms with Gasteiger partial charge in [0.1, 0.15) is 0 Å². The van der Waals surface area contributed by atoms with Crippen LogP contribution in [-0.4, -0.2) is 10.5 Å². The molecule has 0 atom stereocenters. The first-order chi connectivity index (χ1) is 6.96. The minimum atomic E-state index is -2.53. The highest BCUT2D eigenvalue weighted by Gasteiger charge is 2.45. The summed E-state index contributed by atoms with van der Waals surface area (Å²) in [5, 5.41) is 0. The molecule has 0 unspecified atom stereocenters. The minimum Gasteiger partial charge on any atom is -0.398 e. The third kappa shape index (κ3) is 2.16. The SMILES string of the molecule is Nc1ccc(=O)n(CC2CC(F)(F)C2)c1. The number of hydrogen-bond acceptors (Lipinski definition) is 2. The van der Waals surface area contributed by atoms with Crippen LogP contribution in [-0.2, 0) is 6.54 Å². The monoisotopic (exact) mass is 214 g/mol. The van der Waals surface area contributed by atoms with E-state index in [2.05, 4.69) is 0 Å². The first-order valence-electron chi connectivity index (χ1n) is 4.80. The van der Waals surface area contributed by atoms with Gasteiger partial charge >= 0.3 is 0 Å². The Morgan fingerprint density at radius 3 is 2.73 bits per heavy atom. The molecule has 1 heterocycles. The van der Waals surface area contributed by atoms with Gasteiger partial charge in [0.15, 0.2) is 0 Å². The standard InChI is InChI=1S/C10H12F2N2O/c11-10(12)3-7(4-10)5-14-6-8(13)1-2-9(14)15/h1-2,6-7H,3-5,13H2. The molecule has 0 radical (unpaired) electrons. The Kier molecular flexibility index (Phi) is 2.25. The number of alkyl halides is 2. The number of aromatic nitrogens is 1. The fraction of sp³-hybridized carbons (Fsp3) is 0.500. The molecular weight excluding hydrogens is 202 g/mol. The maximum Gasteiger partial charge on any atom is 0.250 e. The van der Waals surface area contributed by atoms with E-state index in [0.29, 0.717) is 12.2 Å². The lowest BCUT2D eigenvalue weighted by molar-refractivity contribution is -0.114. The number of halogens is 2. The van der Waals surface area contributed by atoms with Crippen LogP contribution in [0, 0.1) is 5.92 Å². The molecule has 0 bridgehead atoms. The molecule has 1 aromatic heterocycles. The molecule has 82 valence electrons. The highest BCUT2D eigenvalue weighted by molar-refractivity contribution is 5.33.